The molecule has 0 aromatic heterocycles. The first-order chi connectivity index (χ1) is 7.86. The molecule has 0 spiro atoms. The van der Waals surface area contributed by atoms with Gasteiger partial charge in [0.2, 0.25) is 0 Å². The second-order valence-corrected chi connectivity index (χ2v) is 3.11. The number of rotatable bonds is 4. The summed E-state index contributed by atoms with van der Waals surface area (Å²) in [6.07, 6.45) is -3.22. The molecule has 1 aromatic rings. The zero-order valence-corrected chi connectivity index (χ0v) is 8.62. The third-order valence-electron chi connectivity index (χ3n) is 1.89. The molecule has 0 aliphatic heterocycles. The van der Waals surface area contributed by atoms with Gasteiger partial charge in [-0.1, -0.05) is 12.7 Å². The summed E-state index contributed by atoms with van der Waals surface area (Å²) in [6.45, 7) is 3.37. The molecule has 6 heteroatoms. The van der Waals surface area contributed by atoms with Crippen molar-refractivity contribution in [1.82, 2.24) is 0 Å². The van der Waals surface area contributed by atoms with Crippen LogP contribution in [0.1, 0.15) is 15.9 Å². The molecule has 0 radical (unpaired) electrons. The van der Waals surface area contributed by atoms with E-state index < -0.39 is 23.3 Å². The van der Waals surface area contributed by atoms with Crippen LogP contribution in [0.4, 0.5) is 13.2 Å². The van der Waals surface area contributed by atoms with Gasteiger partial charge in [0.1, 0.15) is 17.9 Å². The lowest BCUT2D eigenvalue weighted by molar-refractivity contribution is -0.137. The molecule has 0 aliphatic carbocycles. The van der Waals surface area contributed by atoms with E-state index in [0.29, 0.717) is 6.07 Å². The summed E-state index contributed by atoms with van der Waals surface area (Å²) < 4.78 is 42.0. The van der Waals surface area contributed by atoms with Crippen LogP contribution in [0.2, 0.25) is 0 Å². The highest BCUT2D eigenvalue weighted by Gasteiger charge is 2.32. The number of ether oxygens (including phenoxy) is 1. The minimum absolute atomic E-state index is 0.0195. The summed E-state index contributed by atoms with van der Waals surface area (Å²) in [7, 11) is 0. The van der Waals surface area contributed by atoms with Crippen LogP contribution in [-0.2, 0) is 6.18 Å². The third kappa shape index (κ3) is 3.24. The van der Waals surface area contributed by atoms with Crippen molar-refractivity contribution in [3.8, 4) is 5.75 Å². The number of aromatic carboxylic acids is 1. The number of carboxylic acids is 1. The molecule has 17 heavy (non-hydrogen) atoms. The molecule has 0 saturated heterocycles. The lowest BCUT2D eigenvalue weighted by Crippen LogP contribution is -2.09. The Labute approximate surface area is 95.1 Å². The van der Waals surface area contributed by atoms with Crippen molar-refractivity contribution in [2.24, 2.45) is 0 Å². The van der Waals surface area contributed by atoms with E-state index in [-0.39, 0.29) is 12.4 Å². The molecule has 0 saturated carbocycles. The molecule has 0 aliphatic rings. The molecule has 0 unspecified atom stereocenters. The Bertz CT molecular complexity index is 438. The van der Waals surface area contributed by atoms with Crippen LogP contribution in [0.15, 0.2) is 30.9 Å². The van der Waals surface area contributed by atoms with Gasteiger partial charge in [0.15, 0.2) is 0 Å². The van der Waals surface area contributed by atoms with Gasteiger partial charge in [-0.3, -0.25) is 0 Å². The first-order valence-electron chi connectivity index (χ1n) is 4.54. The maximum atomic E-state index is 12.4. The van der Waals surface area contributed by atoms with E-state index in [1.165, 1.54) is 6.08 Å². The fourth-order valence-corrected chi connectivity index (χ4v) is 1.15. The number of hydrogen-bond acceptors (Lipinski definition) is 2. The molecule has 0 amide bonds. The normalized spacial score (nSPS) is 11.0. The zero-order valence-electron chi connectivity index (χ0n) is 8.62. The van der Waals surface area contributed by atoms with E-state index in [2.05, 4.69) is 6.58 Å². The Morgan fingerprint density at radius 2 is 2.12 bits per heavy atom. The lowest BCUT2D eigenvalue weighted by atomic mass is 10.1. The van der Waals surface area contributed by atoms with Gasteiger partial charge in [-0.2, -0.15) is 13.2 Å². The molecule has 1 aromatic carbocycles. The molecule has 0 bridgehead atoms. The minimum atomic E-state index is -4.58. The van der Waals surface area contributed by atoms with Crippen LogP contribution < -0.4 is 4.74 Å². The molecule has 92 valence electrons. The van der Waals surface area contributed by atoms with Crippen molar-refractivity contribution in [2.45, 2.75) is 6.18 Å². The summed E-state index contributed by atoms with van der Waals surface area (Å²) in [5.41, 5.74) is -1.55. The fourth-order valence-electron chi connectivity index (χ4n) is 1.15. The van der Waals surface area contributed by atoms with Gasteiger partial charge in [0.25, 0.3) is 0 Å². The number of hydrogen-bond donors (Lipinski definition) is 1. The van der Waals surface area contributed by atoms with E-state index in [1.807, 2.05) is 0 Å². The molecule has 1 rings (SSSR count). The highest BCUT2D eigenvalue weighted by molar-refractivity contribution is 5.91. The van der Waals surface area contributed by atoms with Crippen LogP contribution in [-0.4, -0.2) is 17.7 Å². The van der Waals surface area contributed by atoms with Gasteiger partial charge in [-0.25, -0.2) is 4.79 Å². The molecule has 0 atom stereocenters. The van der Waals surface area contributed by atoms with Gasteiger partial charge in [0, 0.05) is 0 Å². The number of carboxylic acid groups (broad SMARTS) is 1. The van der Waals surface area contributed by atoms with E-state index >= 15 is 0 Å². The highest BCUT2D eigenvalue weighted by Crippen LogP contribution is 2.32. The Morgan fingerprint density at radius 1 is 1.47 bits per heavy atom. The van der Waals surface area contributed by atoms with Crippen LogP contribution >= 0.6 is 0 Å². The fraction of sp³-hybridized carbons (Fsp3) is 0.182. The van der Waals surface area contributed by atoms with Crippen molar-refractivity contribution < 1.29 is 27.8 Å². The number of benzene rings is 1. The maximum absolute atomic E-state index is 12.4. The van der Waals surface area contributed by atoms with Gasteiger partial charge in [0.05, 0.1) is 5.56 Å². The van der Waals surface area contributed by atoms with Crippen LogP contribution in [0.25, 0.3) is 0 Å². The lowest BCUT2D eigenvalue weighted by Gasteiger charge is -2.11. The van der Waals surface area contributed by atoms with E-state index in [0.717, 1.165) is 12.1 Å². The molecular formula is C11H9F3O3. The van der Waals surface area contributed by atoms with E-state index in [4.69, 9.17) is 9.84 Å². The molecular weight excluding hydrogens is 237 g/mol. The van der Waals surface area contributed by atoms with Gasteiger partial charge in [-0.15, -0.1) is 0 Å². The second kappa shape index (κ2) is 4.90. The first kappa shape index (κ1) is 13.1. The highest BCUT2D eigenvalue weighted by atomic mass is 19.4. The Balaban J connectivity index is 3.17. The predicted octanol–water partition coefficient (Wildman–Crippen LogP) is 2.97. The van der Waals surface area contributed by atoms with Crippen LogP contribution in [0.3, 0.4) is 0 Å². The summed E-state index contributed by atoms with van der Waals surface area (Å²) in [5, 5.41) is 8.78. The Hall–Kier alpha value is -1.98. The largest absolute Gasteiger partial charge is 0.489 e. The number of alkyl halides is 3. The first-order valence-corrected chi connectivity index (χ1v) is 4.54. The molecule has 3 nitrogen and oxygen atoms in total. The molecule has 0 fully saturated rings. The number of halogens is 3. The average molecular weight is 246 g/mol. The average Bonchev–Trinajstić information content (AvgIpc) is 2.24. The summed E-state index contributed by atoms with van der Waals surface area (Å²) >= 11 is 0. The predicted molar refractivity (Wildman–Crippen MR) is 54.1 cm³/mol. The van der Waals surface area contributed by atoms with Crippen molar-refractivity contribution in [1.29, 1.82) is 0 Å². The van der Waals surface area contributed by atoms with Crippen molar-refractivity contribution >= 4 is 5.97 Å². The maximum Gasteiger partial charge on any atom is 0.416 e. The van der Waals surface area contributed by atoms with Crippen LogP contribution in [0, 0.1) is 0 Å². The Morgan fingerprint density at radius 3 is 2.59 bits per heavy atom. The van der Waals surface area contributed by atoms with E-state index in [9.17, 15) is 18.0 Å². The minimum Gasteiger partial charge on any atom is -0.489 e. The SMILES string of the molecule is C=CCOc1ccc(C(F)(F)F)cc1C(=O)O. The quantitative estimate of drug-likeness (QED) is 0.831. The molecule has 0 heterocycles. The standard InChI is InChI=1S/C11H9F3O3/c1-2-5-17-9-4-3-7(11(12,13)14)6-8(9)10(15)16/h2-4,6H,1,5H2,(H,15,16). The van der Waals surface area contributed by atoms with Gasteiger partial charge in [-0.05, 0) is 18.2 Å². The van der Waals surface area contributed by atoms with Crippen molar-refractivity contribution in [2.75, 3.05) is 6.61 Å². The summed E-state index contributed by atoms with van der Waals surface area (Å²) in [6, 6.07) is 2.29. The van der Waals surface area contributed by atoms with Crippen LogP contribution in [0.5, 0.6) is 5.75 Å². The molecule has 1 N–H and O–H groups in total. The Kier molecular flexibility index (Phi) is 3.77. The van der Waals surface area contributed by atoms with Gasteiger partial charge >= 0.3 is 12.1 Å². The zero-order chi connectivity index (χ0) is 13.1. The second-order valence-electron chi connectivity index (χ2n) is 3.11. The smallest absolute Gasteiger partial charge is 0.416 e. The monoisotopic (exact) mass is 246 g/mol. The topological polar surface area (TPSA) is 46.5 Å². The summed E-state index contributed by atoms with van der Waals surface area (Å²) in [4.78, 5) is 10.8. The van der Waals surface area contributed by atoms with Crippen molar-refractivity contribution in [3.05, 3.63) is 42.0 Å². The number of carbonyl (C=O) groups is 1. The third-order valence-corrected chi connectivity index (χ3v) is 1.89. The van der Waals surface area contributed by atoms with Crippen molar-refractivity contribution in [3.63, 3.8) is 0 Å². The van der Waals surface area contributed by atoms with E-state index in [1.54, 1.807) is 0 Å². The van der Waals surface area contributed by atoms with Gasteiger partial charge < -0.3 is 9.84 Å². The summed E-state index contributed by atoms with van der Waals surface area (Å²) in [5.74, 6) is -1.60.